The van der Waals surface area contributed by atoms with Crippen molar-refractivity contribution in [2.24, 2.45) is 0 Å². The van der Waals surface area contributed by atoms with Crippen molar-refractivity contribution in [3.63, 3.8) is 0 Å². The van der Waals surface area contributed by atoms with Crippen LogP contribution in [0.3, 0.4) is 0 Å². The van der Waals surface area contributed by atoms with Crippen molar-refractivity contribution >= 4 is 5.83 Å². The molecule has 0 amide bonds. The van der Waals surface area contributed by atoms with E-state index in [9.17, 15) is 4.39 Å². The number of aryl methyl sites for hydroxylation is 1. The van der Waals surface area contributed by atoms with Crippen molar-refractivity contribution in [2.45, 2.75) is 40.5 Å². The summed E-state index contributed by atoms with van der Waals surface area (Å²) in [7, 11) is 0. The molecule has 0 spiro atoms. The highest BCUT2D eigenvalue weighted by molar-refractivity contribution is 5.64. The Bertz CT molecular complexity index is 387. The summed E-state index contributed by atoms with van der Waals surface area (Å²) in [6.07, 6.45) is 2.85. The molecular weight excluding hydrogens is 211 g/mol. The second-order valence-corrected chi connectivity index (χ2v) is 3.98. The van der Waals surface area contributed by atoms with Gasteiger partial charge in [-0.3, -0.25) is 0 Å². The van der Waals surface area contributed by atoms with Gasteiger partial charge in [-0.2, -0.15) is 0 Å². The monoisotopic (exact) mass is 234 g/mol. The maximum absolute atomic E-state index is 13.5. The summed E-state index contributed by atoms with van der Waals surface area (Å²) in [5.41, 5.74) is 2.86. The molecule has 94 valence electrons. The molecule has 0 atom stereocenters. The lowest BCUT2D eigenvalue weighted by molar-refractivity contribution is 0.758. The minimum Gasteiger partial charge on any atom is -0.206 e. The van der Waals surface area contributed by atoms with Crippen molar-refractivity contribution in [1.82, 2.24) is 0 Å². The minimum atomic E-state index is -0.224. The summed E-state index contributed by atoms with van der Waals surface area (Å²) in [5.74, 6) is 0.252. The van der Waals surface area contributed by atoms with Crippen LogP contribution >= 0.6 is 0 Å². The normalized spacial score (nSPS) is 10.9. The molecule has 1 aromatic carbocycles. The third-order valence-corrected chi connectivity index (χ3v) is 2.44. The van der Waals surface area contributed by atoms with Crippen molar-refractivity contribution in [3.05, 3.63) is 53.6 Å². The van der Waals surface area contributed by atoms with Gasteiger partial charge < -0.3 is 0 Å². The Balaban J connectivity index is 0.00000121. The molecule has 0 saturated carbocycles. The first-order valence-electron chi connectivity index (χ1n) is 6.15. The third-order valence-electron chi connectivity index (χ3n) is 2.44. The lowest BCUT2D eigenvalue weighted by Crippen LogP contribution is -1.91. The maximum Gasteiger partial charge on any atom is 0.130 e. The Kier molecular flexibility index (Phi) is 7.20. The highest BCUT2D eigenvalue weighted by Gasteiger charge is 2.06. The number of rotatable bonds is 3. The van der Waals surface area contributed by atoms with Crippen LogP contribution in [-0.2, 0) is 0 Å². The van der Waals surface area contributed by atoms with Crippen LogP contribution in [0.5, 0.6) is 0 Å². The molecule has 0 aliphatic carbocycles. The number of allylic oxidation sites excluding steroid dienone is 2. The molecule has 0 aromatic heterocycles. The van der Waals surface area contributed by atoms with Gasteiger partial charge in [0.05, 0.1) is 0 Å². The fraction of sp³-hybridized carbons (Fsp3) is 0.375. The van der Waals surface area contributed by atoms with Crippen molar-refractivity contribution < 1.29 is 4.39 Å². The zero-order valence-electron chi connectivity index (χ0n) is 11.5. The summed E-state index contributed by atoms with van der Waals surface area (Å²) in [6.45, 7) is 13.7. The fourth-order valence-electron chi connectivity index (χ4n) is 1.51. The van der Waals surface area contributed by atoms with E-state index >= 15 is 0 Å². The lowest BCUT2D eigenvalue weighted by Gasteiger charge is -2.09. The fourth-order valence-corrected chi connectivity index (χ4v) is 1.51. The van der Waals surface area contributed by atoms with Gasteiger partial charge in [0.15, 0.2) is 0 Å². The van der Waals surface area contributed by atoms with E-state index in [4.69, 9.17) is 0 Å². The van der Waals surface area contributed by atoms with Crippen LogP contribution < -0.4 is 0 Å². The van der Waals surface area contributed by atoms with Crippen LogP contribution in [0.15, 0.2) is 36.9 Å². The highest BCUT2D eigenvalue weighted by Crippen LogP contribution is 2.24. The number of halogens is 1. The lowest BCUT2D eigenvalue weighted by atomic mass is 9.97. The van der Waals surface area contributed by atoms with E-state index in [0.29, 0.717) is 11.5 Å². The maximum atomic E-state index is 13.5. The summed E-state index contributed by atoms with van der Waals surface area (Å²) in [6, 6.07) is 5.85. The standard InChI is InChI=1S/C14H17F.C2H6/c1-5-6-14(15)13-8-7-12(10(2)3)9-11(13)4;1-2/h5-10H,1H2,2-4H3;1-2H3/b14-6+;. The predicted octanol–water partition coefficient (Wildman–Crippen LogP) is 5.64. The number of hydrogen-bond donors (Lipinski definition) is 0. The molecule has 0 fully saturated rings. The van der Waals surface area contributed by atoms with E-state index in [2.05, 4.69) is 20.4 Å². The van der Waals surface area contributed by atoms with Gasteiger partial charge in [0, 0.05) is 5.56 Å². The van der Waals surface area contributed by atoms with Gasteiger partial charge >= 0.3 is 0 Å². The molecule has 0 bridgehead atoms. The third kappa shape index (κ3) is 4.56. The van der Waals surface area contributed by atoms with Crippen LogP contribution in [0, 0.1) is 6.92 Å². The molecule has 0 heterocycles. The Morgan fingerprint density at radius 1 is 1.29 bits per heavy atom. The van der Waals surface area contributed by atoms with Crippen molar-refractivity contribution in [1.29, 1.82) is 0 Å². The molecule has 17 heavy (non-hydrogen) atoms. The molecule has 0 unspecified atom stereocenters. The molecule has 0 nitrogen and oxygen atoms in total. The Labute approximate surface area is 105 Å². The van der Waals surface area contributed by atoms with Gasteiger partial charge in [-0.1, -0.05) is 58.5 Å². The molecule has 0 aliphatic heterocycles. The van der Waals surface area contributed by atoms with Gasteiger partial charge in [-0.05, 0) is 30.0 Å². The summed E-state index contributed by atoms with van der Waals surface area (Å²) in [4.78, 5) is 0. The molecular formula is C16H23F. The van der Waals surface area contributed by atoms with Crippen molar-refractivity contribution in [2.75, 3.05) is 0 Å². The first kappa shape index (κ1) is 15.6. The number of hydrogen-bond acceptors (Lipinski definition) is 0. The predicted molar refractivity (Wildman–Crippen MR) is 75.9 cm³/mol. The first-order chi connectivity index (χ1) is 8.06. The van der Waals surface area contributed by atoms with E-state index in [-0.39, 0.29) is 5.83 Å². The minimum absolute atomic E-state index is 0.224. The Hall–Kier alpha value is -1.37. The SMILES string of the molecule is C=C/C=C(/F)c1ccc(C(C)C)cc1C.CC. The van der Waals surface area contributed by atoms with E-state index in [1.807, 2.05) is 39.0 Å². The molecule has 0 radical (unpaired) electrons. The second-order valence-electron chi connectivity index (χ2n) is 3.98. The van der Waals surface area contributed by atoms with E-state index < -0.39 is 0 Å². The average Bonchev–Trinajstić information content (AvgIpc) is 2.31. The zero-order valence-corrected chi connectivity index (χ0v) is 11.5. The summed E-state index contributed by atoms with van der Waals surface area (Å²) in [5, 5.41) is 0. The smallest absolute Gasteiger partial charge is 0.130 e. The van der Waals surface area contributed by atoms with Gasteiger partial charge in [0.2, 0.25) is 0 Å². The first-order valence-corrected chi connectivity index (χ1v) is 6.15. The van der Waals surface area contributed by atoms with Gasteiger partial charge in [-0.15, -0.1) is 0 Å². The topological polar surface area (TPSA) is 0 Å². The molecule has 1 heteroatoms. The van der Waals surface area contributed by atoms with Crippen LogP contribution in [0.25, 0.3) is 5.83 Å². The van der Waals surface area contributed by atoms with Crippen LogP contribution in [0.2, 0.25) is 0 Å². The van der Waals surface area contributed by atoms with Crippen LogP contribution in [0.1, 0.15) is 50.3 Å². The van der Waals surface area contributed by atoms with Crippen LogP contribution in [0.4, 0.5) is 4.39 Å². The number of benzene rings is 1. The molecule has 1 rings (SSSR count). The van der Waals surface area contributed by atoms with E-state index in [1.54, 1.807) is 0 Å². The largest absolute Gasteiger partial charge is 0.206 e. The second kappa shape index (κ2) is 7.83. The quantitative estimate of drug-likeness (QED) is 0.593. The van der Waals surface area contributed by atoms with Gasteiger partial charge in [-0.25, -0.2) is 4.39 Å². The molecule has 0 N–H and O–H groups in total. The van der Waals surface area contributed by atoms with E-state index in [0.717, 1.165) is 5.56 Å². The average molecular weight is 234 g/mol. The molecule has 0 aliphatic rings. The molecule has 1 aromatic rings. The van der Waals surface area contributed by atoms with Crippen molar-refractivity contribution in [3.8, 4) is 0 Å². The zero-order chi connectivity index (χ0) is 13.4. The van der Waals surface area contributed by atoms with Gasteiger partial charge in [0.25, 0.3) is 0 Å². The van der Waals surface area contributed by atoms with Gasteiger partial charge in [0.1, 0.15) is 5.83 Å². The summed E-state index contributed by atoms with van der Waals surface area (Å²) < 4.78 is 13.5. The van der Waals surface area contributed by atoms with Crippen LogP contribution in [-0.4, -0.2) is 0 Å². The Morgan fingerprint density at radius 3 is 2.29 bits per heavy atom. The molecule has 0 saturated heterocycles. The Morgan fingerprint density at radius 2 is 1.88 bits per heavy atom. The highest BCUT2D eigenvalue weighted by atomic mass is 19.1. The summed E-state index contributed by atoms with van der Waals surface area (Å²) >= 11 is 0. The van der Waals surface area contributed by atoms with E-state index in [1.165, 1.54) is 17.7 Å².